The van der Waals surface area contributed by atoms with Gasteiger partial charge in [0.05, 0.1) is 23.3 Å². The first-order chi connectivity index (χ1) is 20.4. The number of hydrogen-bond acceptors (Lipinski definition) is 6. The Bertz CT molecular complexity index is 1600. The molecule has 1 aliphatic heterocycles. The summed E-state index contributed by atoms with van der Waals surface area (Å²) in [6, 6.07) is 10.5. The van der Waals surface area contributed by atoms with Crippen molar-refractivity contribution in [3.8, 4) is 5.88 Å². The van der Waals surface area contributed by atoms with E-state index in [1.54, 1.807) is 16.5 Å². The number of hydrogen-bond donors (Lipinski definition) is 0. The second kappa shape index (κ2) is 12.2. The average molecular weight is 602 g/mol. The normalized spacial score (nSPS) is 17.5. The number of aromatic nitrogens is 3. The molecule has 0 bridgehead atoms. The Balaban J connectivity index is 1.23. The van der Waals surface area contributed by atoms with Crippen molar-refractivity contribution in [2.75, 3.05) is 29.5 Å². The summed E-state index contributed by atoms with van der Waals surface area (Å²) in [7, 11) is 0. The van der Waals surface area contributed by atoms with Crippen LogP contribution in [0.15, 0.2) is 54.9 Å². The molecule has 0 radical (unpaired) electrons. The molecule has 5 rings (SSSR count). The molecule has 0 saturated carbocycles. The van der Waals surface area contributed by atoms with Gasteiger partial charge in [-0.25, -0.2) is 18.7 Å². The number of piperazine rings is 1. The molecule has 0 spiro atoms. The molecule has 1 fully saturated rings. The highest BCUT2D eigenvalue weighted by Gasteiger charge is 2.32. The van der Waals surface area contributed by atoms with E-state index in [-0.39, 0.29) is 36.0 Å². The molecule has 3 aromatic heterocycles. The summed E-state index contributed by atoms with van der Waals surface area (Å²) in [5, 5.41) is 0. The summed E-state index contributed by atoms with van der Waals surface area (Å²) in [5.41, 5.74) is 3.28. The second-order valence-electron chi connectivity index (χ2n) is 10.8. The molecule has 228 valence electrons. The predicted molar refractivity (Wildman–Crippen MR) is 153 cm³/mol. The topological polar surface area (TPSA) is 63.0 Å². The Labute approximate surface area is 245 Å². The standard InChI is InChI=1S/C31H32F5N5O2/c1-4-25-30(39-12-11-22(32)14-28(39)38-25)27(42)9-6-21-5-8-26(24(33)13-21)41-17-19(2)40(16-20(41)3)23-7-10-29(37-15-23)43-18-31(34,35)36/h5,7-8,10-15,19-20H,4,6,9,16-18H2,1-3H3/t19-,20+/m0/s1. The molecule has 0 N–H and O–H groups in total. The number of fused-ring (bicyclic) bond motifs is 1. The highest BCUT2D eigenvalue weighted by Crippen LogP contribution is 2.30. The van der Waals surface area contributed by atoms with Crippen molar-refractivity contribution in [1.82, 2.24) is 14.4 Å². The van der Waals surface area contributed by atoms with Crippen LogP contribution >= 0.6 is 0 Å². The number of ether oxygens (including phenoxy) is 1. The minimum absolute atomic E-state index is 0.0386. The first-order valence-electron chi connectivity index (χ1n) is 14.1. The number of alkyl halides is 3. The first-order valence-corrected chi connectivity index (χ1v) is 14.1. The van der Waals surface area contributed by atoms with Crippen LogP contribution in [0, 0.1) is 11.6 Å². The van der Waals surface area contributed by atoms with Crippen LogP contribution in [-0.4, -0.2) is 58.1 Å². The van der Waals surface area contributed by atoms with Gasteiger partial charge in [0.15, 0.2) is 12.4 Å². The summed E-state index contributed by atoms with van der Waals surface area (Å²) in [6.45, 7) is 5.50. The maximum atomic E-state index is 15.4. The van der Waals surface area contributed by atoms with Crippen molar-refractivity contribution in [3.63, 3.8) is 0 Å². The van der Waals surface area contributed by atoms with Crippen LogP contribution in [0.5, 0.6) is 5.88 Å². The maximum absolute atomic E-state index is 15.4. The van der Waals surface area contributed by atoms with Gasteiger partial charge >= 0.3 is 6.18 Å². The molecular formula is C31H32F5N5O2. The van der Waals surface area contributed by atoms with Gasteiger partial charge in [-0.15, -0.1) is 0 Å². The predicted octanol–water partition coefficient (Wildman–Crippen LogP) is 6.43. The number of imidazole rings is 1. The van der Waals surface area contributed by atoms with Crippen molar-refractivity contribution in [2.24, 2.45) is 0 Å². The number of nitrogens with zero attached hydrogens (tertiary/aromatic N) is 5. The SMILES string of the molecule is CCc1nc2cc(F)ccn2c1C(=O)CCc1ccc(N2C[C@H](C)N(c3ccc(OCC(F)(F)F)nc3)C[C@H]2C)c(F)c1. The number of anilines is 2. The Kier molecular flexibility index (Phi) is 8.57. The third kappa shape index (κ3) is 6.73. The molecule has 1 aromatic carbocycles. The number of carbonyl (C=O) groups excluding carboxylic acids is 1. The molecule has 0 amide bonds. The average Bonchev–Trinajstić information content (AvgIpc) is 3.34. The van der Waals surface area contributed by atoms with Crippen LogP contribution in [0.2, 0.25) is 0 Å². The third-order valence-electron chi connectivity index (χ3n) is 7.64. The van der Waals surface area contributed by atoms with E-state index >= 15 is 4.39 Å². The van der Waals surface area contributed by atoms with Gasteiger partial charge in [0.1, 0.15) is 23.0 Å². The summed E-state index contributed by atoms with van der Waals surface area (Å²) in [5.74, 6) is -1.06. The molecular weight excluding hydrogens is 569 g/mol. The minimum Gasteiger partial charge on any atom is -0.468 e. The zero-order chi connectivity index (χ0) is 30.9. The Morgan fingerprint density at radius 2 is 1.77 bits per heavy atom. The van der Waals surface area contributed by atoms with E-state index in [4.69, 9.17) is 4.74 Å². The molecule has 4 aromatic rings. The van der Waals surface area contributed by atoms with E-state index in [0.29, 0.717) is 54.2 Å². The van der Waals surface area contributed by atoms with Gasteiger partial charge in [0.2, 0.25) is 5.88 Å². The van der Waals surface area contributed by atoms with Crippen LogP contribution in [0.25, 0.3) is 5.65 Å². The summed E-state index contributed by atoms with van der Waals surface area (Å²) in [4.78, 5) is 25.6. The van der Waals surface area contributed by atoms with Crippen LogP contribution in [0.3, 0.4) is 0 Å². The fourth-order valence-corrected chi connectivity index (χ4v) is 5.53. The van der Waals surface area contributed by atoms with Crippen molar-refractivity contribution in [3.05, 3.63) is 83.4 Å². The molecule has 2 atom stereocenters. The molecule has 0 aliphatic carbocycles. The van der Waals surface area contributed by atoms with Gasteiger partial charge in [-0.1, -0.05) is 13.0 Å². The van der Waals surface area contributed by atoms with Gasteiger partial charge in [-0.2, -0.15) is 13.2 Å². The number of carbonyl (C=O) groups is 1. The van der Waals surface area contributed by atoms with Crippen LogP contribution in [-0.2, 0) is 12.8 Å². The largest absolute Gasteiger partial charge is 0.468 e. The number of aryl methyl sites for hydroxylation is 2. The lowest BCUT2D eigenvalue weighted by atomic mass is 10.0. The third-order valence-corrected chi connectivity index (χ3v) is 7.64. The lowest BCUT2D eigenvalue weighted by molar-refractivity contribution is -0.154. The smallest absolute Gasteiger partial charge is 0.422 e. The monoisotopic (exact) mass is 601 g/mol. The molecule has 1 saturated heterocycles. The van der Waals surface area contributed by atoms with Gasteiger partial charge in [0, 0.05) is 49.9 Å². The summed E-state index contributed by atoms with van der Waals surface area (Å²) >= 11 is 0. The second-order valence-corrected chi connectivity index (χ2v) is 10.8. The van der Waals surface area contributed by atoms with Crippen molar-refractivity contribution < 1.29 is 31.5 Å². The Morgan fingerprint density at radius 1 is 1.02 bits per heavy atom. The summed E-state index contributed by atoms with van der Waals surface area (Å²) in [6.07, 6.45) is -0.451. The number of pyridine rings is 2. The molecule has 4 heterocycles. The van der Waals surface area contributed by atoms with E-state index in [9.17, 15) is 22.4 Å². The zero-order valence-electron chi connectivity index (χ0n) is 24.0. The Hall–Kier alpha value is -4.22. The van der Waals surface area contributed by atoms with Gasteiger partial charge < -0.3 is 14.5 Å². The van der Waals surface area contributed by atoms with Crippen molar-refractivity contribution in [2.45, 2.75) is 58.3 Å². The fraction of sp³-hybridized carbons (Fsp3) is 0.387. The number of rotatable bonds is 9. The van der Waals surface area contributed by atoms with E-state index in [1.165, 1.54) is 36.7 Å². The molecule has 7 nitrogen and oxygen atoms in total. The number of Topliss-reactive ketones (excluding diaryl/α,β-unsaturated/α-hetero) is 1. The van der Waals surface area contributed by atoms with Crippen LogP contribution in [0.4, 0.5) is 33.3 Å². The lowest BCUT2D eigenvalue weighted by Gasteiger charge is -2.46. The lowest BCUT2D eigenvalue weighted by Crippen LogP contribution is -2.57. The highest BCUT2D eigenvalue weighted by atomic mass is 19.4. The van der Waals surface area contributed by atoms with Crippen molar-refractivity contribution >= 4 is 22.8 Å². The van der Waals surface area contributed by atoms with E-state index in [0.717, 1.165) is 5.69 Å². The molecule has 0 unspecified atom stereocenters. The summed E-state index contributed by atoms with van der Waals surface area (Å²) < 4.78 is 72.6. The maximum Gasteiger partial charge on any atom is 0.422 e. The van der Waals surface area contributed by atoms with E-state index in [1.807, 2.05) is 31.7 Å². The van der Waals surface area contributed by atoms with Crippen LogP contribution in [0.1, 0.15) is 48.9 Å². The van der Waals surface area contributed by atoms with Gasteiger partial charge in [-0.3, -0.25) is 9.20 Å². The van der Waals surface area contributed by atoms with Crippen LogP contribution < -0.4 is 14.5 Å². The van der Waals surface area contributed by atoms with Crippen molar-refractivity contribution in [1.29, 1.82) is 0 Å². The van der Waals surface area contributed by atoms with E-state index in [2.05, 4.69) is 14.9 Å². The number of ketones is 1. The van der Waals surface area contributed by atoms with Gasteiger partial charge in [0.25, 0.3) is 0 Å². The van der Waals surface area contributed by atoms with E-state index < -0.39 is 18.6 Å². The quantitative estimate of drug-likeness (QED) is 0.163. The minimum atomic E-state index is -4.44. The number of halogens is 5. The first kappa shape index (κ1) is 30.2. The number of benzene rings is 1. The zero-order valence-corrected chi connectivity index (χ0v) is 24.0. The highest BCUT2D eigenvalue weighted by molar-refractivity contribution is 5.96. The Morgan fingerprint density at radius 3 is 2.44 bits per heavy atom. The van der Waals surface area contributed by atoms with Gasteiger partial charge in [-0.05, 0) is 56.5 Å². The molecule has 12 heteroatoms. The molecule has 1 aliphatic rings. The molecule has 43 heavy (non-hydrogen) atoms. The fourth-order valence-electron chi connectivity index (χ4n) is 5.53.